The highest BCUT2D eigenvalue weighted by atomic mass is 35.5. The van der Waals surface area contributed by atoms with Gasteiger partial charge in [0.25, 0.3) is 11.1 Å². The van der Waals surface area contributed by atoms with Crippen LogP contribution in [0.1, 0.15) is 55.1 Å². The zero-order chi connectivity index (χ0) is 22.5. The Labute approximate surface area is 185 Å². The van der Waals surface area contributed by atoms with Crippen molar-refractivity contribution < 1.29 is 0 Å². The molecule has 9 nitrogen and oxygen atoms in total. The van der Waals surface area contributed by atoms with Gasteiger partial charge in [0.15, 0.2) is 0 Å². The first-order chi connectivity index (χ1) is 14.7. The van der Waals surface area contributed by atoms with Crippen molar-refractivity contribution in [2.45, 2.75) is 38.0 Å². The highest BCUT2D eigenvalue weighted by molar-refractivity contribution is 6.36. The molecular formula is C20H16Cl2N6O3. The number of nitrogens with zero attached hydrogens (tertiary/aromatic N) is 4. The van der Waals surface area contributed by atoms with Gasteiger partial charge in [-0.1, -0.05) is 37.0 Å². The summed E-state index contributed by atoms with van der Waals surface area (Å²) >= 11 is 13.2. The molecule has 1 aromatic carbocycles. The van der Waals surface area contributed by atoms with Gasteiger partial charge in [-0.25, -0.2) is 9.89 Å². The van der Waals surface area contributed by atoms with Crippen molar-refractivity contribution in [2.24, 2.45) is 0 Å². The smallest absolute Gasteiger partial charge is 0.270 e. The van der Waals surface area contributed by atoms with Gasteiger partial charge in [0.1, 0.15) is 6.07 Å². The van der Waals surface area contributed by atoms with Gasteiger partial charge in [-0.2, -0.15) is 15.0 Å². The Morgan fingerprint density at radius 2 is 1.77 bits per heavy atom. The Morgan fingerprint density at radius 1 is 1.13 bits per heavy atom. The summed E-state index contributed by atoms with van der Waals surface area (Å²) in [5, 5.41) is 20.2. The number of halogens is 2. The number of rotatable bonds is 4. The highest BCUT2D eigenvalue weighted by Gasteiger charge is 2.50. The van der Waals surface area contributed by atoms with E-state index in [2.05, 4.69) is 15.3 Å². The van der Waals surface area contributed by atoms with Crippen molar-refractivity contribution in [1.29, 1.82) is 5.26 Å². The molecule has 0 bridgehead atoms. The van der Waals surface area contributed by atoms with E-state index in [1.807, 2.05) is 18.8 Å². The largest absolute Gasteiger partial charge is 0.349 e. The lowest BCUT2D eigenvalue weighted by Crippen LogP contribution is -2.33. The second kappa shape index (κ2) is 7.48. The van der Waals surface area contributed by atoms with Crippen LogP contribution in [0.15, 0.2) is 32.6 Å². The lowest BCUT2D eigenvalue weighted by atomic mass is 9.90. The fourth-order valence-corrected chi connectivity index (χ4v) is 4.48. The lowest BCUT2D eigenvalue weighted by molar-refractivity contribution is 0.727. The predicted molar refractivity (Wildman–Crippen MR) is 114 cm³/mol. The van der Waals surface area contributed by atoms with Crippen LogP contribution in [0.2, 0.25) is 10.0 Å². The van der Waals surface area contributed by atoms with E-state index in [-0.39, 0.29) is 27.2 Å². The normalized spacial score (nSPS) is 14.5. The number of nitrogens with one attached hydrogen (secondary N) is 2. The van der Waals surface area contributed by atoms with E-state index < -0.39 is 22.4 Å². The van der Waals surface area contributed by atoms with Gasteiger partial charge >= 0.3 is 5.69 Å². The Kier molecular flexibility index (Phi) is 5.07. The zero-order valence-corrected chi connectivity index (χ0v) is 18.0. The molecule has 0 saturated heterocycles. The first kappa shape index (κ1) is 21.0. The summed E-state index contributed by atoms with van der Waals surface area (Å²) in [5.74, 6) is 0.0159. The molecule has 0 radical (unpaired) electrons. The highest BCUT2D eigenvalue weighted by Crippen LogP contribution is 2.57. The molecule has 0 spiro atoms. The Balaban J connectivity index is 1.86. The van der Waals surface area contributed by atoms with Gasteiger partial charge in [-0.15, -0.1) is 5.10 Å². The van der Waals surface area contributed by atoms with Crippen LogP contribution in [0.25, 0.3) is 5.69 Å². The number of aromatic amines is 2. The maximum Gasteiger partial charge on any atom is 0.349 e. The van der Waals surface area contributed by atoms with E-state index in [4.69, 9.17) is 28.5 Å². The summed E-state index contributed by atoms with van der Waals surface area (Å²) in [5.41, 5.74) is -0.842. The number of hydrogen-bond donors (Lipinski definition) is 2. The molecule has 0 unspecified atom stereocenters. The van der Waals surface area contributed by atoms with Crippen molar-refractivity contribution in [2.75, 3.05) is 0 Å². The SMILES string of the molecule is CC(C)c1cc(C2(c3c(Cl)cc(-n4nc(C#N)c(=O)[nH]c4=O)cc3Cl)CC2)n[nH]c1=O. The minimum atomic E-state index is -0.875. The topological polar surface area (TPSA) is 137 Å². The van der Waals surface area contributed by atoms with Crippen LogP contribution in [0.4, 0.5) is 0 Å². The molecule has 1 aliphatic carbocycles. The average Bonchev–Trinajstić information content (AvgIpc) is 3.49. The fraction of sp³-hybridized carbons (Fsp3) is 0.300. The van der Waals surface area contributed by atoms with E-state index in [9.17, 15) is 14.4 Å². The van der Waals surface area contributed by atoms with Gasteiger partial charge in [-0.3, -0.25) is 14.6 Å². The number of H-pyrrole nitrogens is 2. The van der Waals surface area contributed by atoms with Gasteiger partial charge in [0.05, 0.1) is 11.4 Å². The summed E-state index contributed by atoms with van der Waals surface area (Å²) in [6.45, 7) is 3.85. The molecule has 1 saturated carbocycles. The average molecular weight is 459 g/mol. The number of hydrogen-bond acceptors (Lipinski definition) is 6. The second-order valence-corrected chi connectivity index (χ2v) is 8.50. The molecule has 31 heavy (non-hydrogen) atoms. The van der Waals surface area contributed by atoms with Crippen LogP contribution in [-0.2, 0) is 5.41 Å². The molecule has 158 valence electrons. The van der Waals surface area contributed by atoms with Crippen molar-refractivity contribution in [3.05, 3.63) is 82.0 Å². The molecule has 11 heteroatoms. The van der Waals surface area contributed by atoms with Gasteiger partial charge in [0, 0.05) is 26.6 Å². The molecule has 1 fully saturated rings. The van der Waals surface area contributed by atoms with E-state index in [0.29, 0.717) is 16.8 Å². The van der Waals surface area contributed by atoms with E-state index in [0.717, 1.165) is 17.5 Å². The molecule has 0 amide bonds. The van der Waals surface area contributed by atoms with Crippen LogP contribution in [0.3, 0.4) is 0 Å². The first-order valence-electron chi connectivity index (χ1n) is 9.41. The van der Waals surface area contributed by atoms with Gasteiger partial charge in [0.2, 0.25) is 5.69 Å². The Morgan fingerprint density at radius 3 is 2.32 bits per heavy atom. The molecule has 4 rings (SSSR count). The molecule has 2 aromatic heterocycles. The number of nitriles is 1. The maximum atomic E-state index is 12.2. The molecule has 1 aliphatic rings. The van der Waals surface area contributed by atoms with Crippen LogP contribution in [-0.4, -0.2) is 25.0 Å². The molecule has 0 aliphatic heterocycles. The molecule has 2 N–H and O–H groups in total. The Bertz CT molecular complexity index is 1400. The third kappa shape index (κ3) is 3.48. The quantitative estimate of drug-likeness (QED) is 0.615. The monoisotopic (exact) mass is 458 g/mol. The summed E-state index contributed by atoms with van der Waals surface area (Å²) in [4.78, 5) is 37.9. The first-order valence-corrected chi connectivity index (χ1v) is 10.2. The summed E-state index contributed by atoms with van der Waals surface area (Å²) in [6.07, 6.45) is 1.47. The van der Waals surface area contributed by atoms with Gasteiger partial charge < -0.3 is 0 Å². The predicted octanol–water partition coefficient (Wildman–Crippen LogP) is 2.39. The van der Waals surface area contributed by atoms with Gasteiger partial charge in [-0.05, 0) is 37.0 Å². The standard InChI is InChI=1S/C20H16Cl2N6O3/c1-9(2)11-7-15(25-26-17(11)29)20(3-4-20)16-12(21)5-10(6-13(16)22)28-19(31)24-18(30)14(8-23)27-28/h5-7,9H,3-4H2,1-2H3,(H,26,29)(H,24,30,31). The van der Waals surface area contributed by atoms with Crippen LogP contribution >= 0.6 is 23.2 Å². The third-order valence-electron chi connectivity index (χ3n) is 5.38. The molecule has 3 aromatic rings. The summed E-state index contributed by atoms with van der Waals surface area (Å²) in [6, 6.07) is 6.40. The second-order valence-electron chi connectivity index (χ2n) is 7.69. The van der Waals surface area contributed by atoms with Crippen molar-refractivity contribution in [3.8, 4) is 11.8 Å². The summed E-state index contributed by atoms with van der Waals surface area (Å²) in [7, 11) is 0. The maximum absolute atomic E-state index is 12.2. The van der Waals surface area contributed by atoms with Crippen LogP contribution in [0.5, 0.6) is 0 Å². The van der Waals surface area contributed by atoms with E-state index in [1.54, 1.807) is 12.1 Å². The lowest BCUT2D eigenvalue weighted by Gasteiger charge is -2.20. The Hall–Kier alpha value is -3.22. The molecule has 0 atom stereocenters. The molecule has 2 heterocycles. The fourth-order valence-electron chi connectivity index (χ4n) is 3.64. The van der Waals surface area contributed by atoms with E-state index >= 15 is 0 Å². The van der Waals surface area contributed by atoms with Crippen molar-refractivity contribution in [1.82, 2.24) is 25.0 Å². The molecular weight excluding hydrogens is 443 g/mol. The zero-order valence-electron chi connectivity index (χ0n) is 16.5. The van der Waals surface area contributed by atoms with Crippen molar-refractivity contribution >= 4 is 23.2 Å². The minimum absolute atomic E-state index is 0.0159. The van der Waals surface area contributed by atoms with Crippen LogP contribution in [0, 0.1) is 11.3 Å². The number of benzene rings is 1. The van der Waals surface area contributed by atoms with E-state index in [1.165, 1.54) is 12.1 Å². The van der Waals surface area contributed by atoms with Crippen LogP contribution < -0.4 is 16.8 Å². The number of aromatic nitrogens is 5. The third-order valence-corrected chi connectivity index (χ3v) is 5.97. The van der Waals surface area contributed by atoms with Crippen molar-refractivity contribution in [3.63, 3.8) is 0 Å². The summed E-state index contributed by atoms with van der Waals surface area (Å²) < 4.78 is 0.857. The minimum Gasteiger partial charge on any atom is -0.270 e.